The molecule has 9 heteroatoms. The van der Waals surface area contributed by atoms with E-state index in [0.717, 1.165) is 12.2 Å². The molecule has 0 spiro atoms. The molecule has 1 aromatic heterocycles. The SMILES string of the molecule is CCCN(C(=O)CSc1nnc(C)n1C)[C@@H]1CCS(=O)(=O)C1. The highest BCUT2D eigenvalue weighted by atomic mass is 32.2. The molecule has 1 aliphatic heterocycles. The van der Waals surface area contributed by atoms with Gasteiger partial charge in [-0.1, -0.05) is 18.7 Å². The van der Waals surface area contributed by atoms with E-state index in [4.69, 9.17) is 0 Å². The minimum Gasteiger partial charge on any atom is -0.338 e. The molecule has 0 unspecified atom stereocenters. The van der Waals surface area contributed by atoms with Crippen LogP contribution in [0.25, 0.3) is 0 Å². The zero-order valence-corrected chi connectivity index (χ0v) is 14.8. The van der Waals surface area contributed by atoms with Crippen molar-refractivity contribution in [2.75, 3.05) is 23.8 Å². The summed E-state index contributed by atoms with van der Waals surface area (Å²) in [5, 5.41) is 8.68. The van der Waals surface area contributed by atoms with Gasteiger partial charge in [0.05, 0.1) is 17.3 Å². The lowest BCUT2D eigenvalue weighted by Crippen LogP contribution is -2.42. The number of rotatable bonds is 6. The van der Waals surface area contributed by atoms with Gasteiger partial charge in [0.15, 0.2) is 15.0 Å². The van der Waals surface area contributed by atoms with Crippen molar-refractivity contribution in [3.63, 3.8) is 0 Å². The fourth-order valence-corrected chi connectivity index (χ4v) is 5.07. The Hall–Kier alpha value is -1.09. The third-order valence-electron chi connectivity index (χ3n) is 3.81. The molecule has 1 atom stereocenters. The molecule has 0 aromatic carbocycles. The molecule has 2 heterocycles. The Balaban J connectivity index is 1.99. The number of hydrogen-bond donors (Lipinski definition) is 0. The molecule has 1 amide bonds. The van der Waals surface area contributed by atoms with Crippen LogP contribution in [0.15, 0.2) is 5.16 Å². The third-order valence-corrected chi connectivity index (χ3v) is 6.57. The highest BCUT2D eigenvalue weighted by Crippen LogP contribution is 2.21. The van der Waals surface area contributed by atoms with Crippen molar-refractivity contribution in [1.29, 1.82) is 0 Å². The van der Waals surface area contributed by atoms with Crippen molar-refractivity contribution < 1.29 is 13.2 Å². The number of nitrogens with zero attached hydrogens (tertiary/aromatic N) is 4. The normalized spacial score (nSPS) is 20.2. The first-order chi connectivity index (χ1) is 10.3. The van der Waals surface area contributed by atoms with Crippen LogP contribution >= 0.6 is 11.8 Å². The Morgan fingerprint density at radius 2 is 2.18 bits per heavy atom. The topological polar surface area (TPSA) is 85.2 Å². The molecule has 0 N–H and O–H groups in total. The highest BCUT2D eigenvalue weighted by Gasteiger charge is 2.34. The lowest BCUT2D eigenvalue weighted by molar-refractivity contribution is -0.130. The second-order valence-electron chi connectivity index (χ2n) is 5.52. The van der Waals surface area contributed by atoms with Gasteiger partial charge in [-0.2, -0.15) is 0 Å². The Morgan fingerprint density at radius 1 is 1.45 bits per heavy atom. The van der Waals surface area contributed by atoms with E-state index >= 15 is 0 Å². The number of hydrogen-bond acceptors (Lipinski definition) is 6. The first-order valence-corrected chi connectivity index (χ1v) is 10.1. The summed E-state index contributed by atoms with van der Waals surface area (Å²) in [6.45, 7) is 4.44. The van der Waals surface area contributed by atoms with Gasteiger partial charge in [0.25, 0.3) is 0 Å². The molecule has 1 saturated heterocycles. The second kappa shape index (κ2) is 6.99. The number of carbonyl (C=O) groups is 1. The zero-order valence-electron chi connectivity index (χ0n) is 13.2. The summed E-state index contributed by atoms with van der Waals surface area (Å²) >= 11 is 1.34. The number of aromatic nitrogens is 3. The smallest absolute Gasteiger partial charge is 0.233 e. The predicted molar refractivity (Wildman–Crippen MR) is 85.5 cm³/mol. The first kappa shape index (κ1) is 17.3. The maximum Gasteiger partial charge on any atom is 0.233 e. The summed E-state index contributed by atoms with van der Waals surface area (Å²) in [6.07, 6.45) is 1.36. The molecule has 7 nitrogen and oxygen atoms in total. The van der Waals surface area contributed by atoms with Crippen LogP contribution in [0.3, 0.4) is 0 Å². The fourth-order valence-electron chi connectivity index (χ4n) is 2.50. The first-order valence-electron chi connectivity index (χ1n) is 7.32. The van der Waals surface area contributed by atoms with Crippen molar-refractivity contribution in [2.24, 2.45) is 7.05 Å². The number of carbonyl (C=O) groups excluding carboxylic acids is 1. The Morgan fingerprint density at radius 3 is 2.68 bits per heavy atom. The molecule has 0 aliphatic carbocycles. The summed E-state index contributed by atoms with van der Waals surface area (Å²) in [4.78, 5) is 14.2. The van der Waals surface area contributed by atoms with E-state index in [1.54, 1.807) is 4.90 Å². The maximum absolute atomic E-state index is 12.5. The van der Waals surface area contributed by atoms with Gasteiger partial charge in [-0.05, 0) is 19.8 Å². The molecule has 1 aromatic rings. The molecule has 2 rings (SSSR count). The van der Waals surface area contributed by atoms with Crippen molar-refractivity contribution in [1.82, 2.24) is 19.7 Å². The average Bonchev–Trinajstić information content (AvgIpc) is 2.97. The lowest BCUT2D eigenvalue weighted by atomic mass is 10.2. The van der Waals surface area contributed by atoms with Gasteiger partial charge in [0.1, 0.15) is 5.82 Å². The van der Waals surface area contributed by atoms with Crippen LogP contribution in [-0.2, 0) is 21.7 Å². The van der Waals surface area contributed by atoms with Crippen LogP contribution in [0.4, 0.5) is 0 Å². The minimum absolute atomic E-state index is 0.0328. The highest BCUT2D eigenvalue weighted by molar-refractivity contribution is 7.99. The minimum atomic E-state index is -2.99. The van der Waals surface area contributed by atoms with Gasteiger partial charge in [0.2, 0.25) is 5.91 Å². The largest absolute Gasteiger partial charge is 0.338 e. The summed E-state index contributed by atoms with van der Waals surface area (Å²) in [6, 6.07) is -0.181. The van der Waals surface area contributed by atoms with Gasteiger partial charge in [-0.3, -0.25) is 4.79 Å². The van der Waals surface area contributed by atoms with Gasteiger partial charge in [0, 0.05) is 19.6 Å². The van der Waals surface area contributed by atoms with Crippen LogP contribution in [0.5, 0.6) is 0 Å². The van der Waals surface area contributed by atoms with Crippen LogP contribution in [-0.4, -0.2) is 63.8 Å². The van der Waals surface area contributed by atoms with Crippen LogP contribution in [0.1, 0.15) is 25.6 Å². The van der Waals surface area contributed by atoms with Crippen LogP contribution in [0.2, 0.25) is 0 Å². The molecule has 0 bridgehead atoms. The molecular weight excluding hydrogens is 324 g/mol. The van der Waals surface area contributed by atoms with E-state index in [-0.39, 0.29) is 29.2 Å². The molecule has 1 aliphatic rings. The van der Waals surface area contributed by atoms with Gasteiger partial charge in [-0.15, -0.1) is 10.2 Å². The molecular formula is C13H22N4O3S2. The van der Waals surface area contributed by atoms with Gasteiger partial charge >= 0.3 is 0 Å². The van der Waals surface area contributed by atoms with Gasteiger partial charge < -0.3 is 9.47 Å². The standard InChI is InChI=1S/C13H22N4O3S2/c1-4-6-17(11-5-7-22(19,20)9-11)12(18)8-21-13-15-14-10(2)16(13)3/h11H,4-9H2,1-3H3/t11-/m1/s1. The van der Waals surface area contributed by atoms with Crippen LogP contribution in [0, 0.1) is 6.92 Å². The molecule has 1 fully saturated rings. The van der Waals surface area contributed by atoms with E-state index in [1.807, 2.05) is 25.5 Å². The number of aryl methyl sites for hydroxylation is 1. The molecule has 22 heavy (non-hydrogen) atoms. The summed E-state index contributed by atoms with van der Waals surface area (Å²) < 4.78 is 25.1. The monoisotopic (exact) mass is 346 g/mol. The fraction of sp³-hybridized carbons (Fsp3) is 0.769. The van der Waals surface area contributed by atoms with Crippen molar-refractivity contribution in [3.05, 3.63) is 5.82 Å². The Bertz CT molecular complexity index is 642. The molecule has 0 saturated carbocycles. The number of thioether (sulfide) groups is 1. The van der Waals surface area contributed by atoms with Crippen molar-refractivity contribution >= 4 is 27.5 Å². The maximum atomic E-state index is 12.5. The van der Waals surface area contributed by atoms with E-state index in [0.29, 0.717) is 18.1 Å². The molecule has 0 radical (unpaired) electrons. The average molecular weight is 346 g/mol. The number of sulfone groups is 1. The van der Waals surface area contributed by atoms with E-state index < -0.39 is 9.84 Å². The van der Waals surface area contributed by atoms with Crippen LogP contribution < -0.4 is 0 Å². The Labute approximate surface area is 135 Å². The molecule has 124 valence electrons. The van der Waals surface area contributed by atoms with Gasteiger partial charge in [-0.25, -0.2) is 8.42 Å². The van der Waals surface area contributed by atoms with Crippen molar-refractivity contribution in [2.45, 2.75) is 37.9 Å². The third kappa shape index (κ3) is 4.01. The Kier molecular flexibility index (Phi) is 5.49. The zero-order chi connectivity index (χ0) is 16.3. The lowest BCUT2D eigenvalue weighted by Gasteiger charge is -2.27. The van der Waals surface area contributed by atoms with E-state index in [1.165, 1.54) is 11.8 Å². The summed E-state index contributed by atoms with van der Waals surface area (Å²) in [5.74, 6) is 1.28. The number of amides is 1. The van der Waals surface area contributed by atoms with Crippen molar-refractivity contribution in [3.8, 4) is 0 Å². The summed E-state index contributed by atoms with van der Waals surface area (Å²) in [5.41, 5.74) is 0. The predicted octanol–water partition coefficient (Wildman–Crippen LogP) is 0.641. The quantitative estimate of drug-likeness (QED) is 0.703. The second-order valence-corrected chi connectivity index (χ2v) is 8.69. The van der Waals surface area contributed by atoms with E-state index in [9.17, 15) is 13.2 Å². The van der Waals surface area contributed by atoms with E-state index in [2.05, 4.69) is 10.2 Å². The summed E-state index contributed by atoms with van der Waals surface area (Å²) in [7, 11) is -1.13.